The Hall–Kier alpha value is -2.40. The highest BCUT2D eigenvalue weighted by molar-refractivity contribution is 7.80. The van der Waals surface area contributed by atoms with Gasteiger partial charge in [0.05, 0.1) is 0 Å². The SMILES string of the molecule is Cc1cc(C)cc(NC(=S)NNC(=O)c2ccc(C(C)(C)C)cc2)c1. The fourth-order valence-corrected chi connectivity index (χ4v) is 2.69. The third kappa shape index (κ3) is 5.57. The molecule has 0 heterocycles. The summed E-state index contributed by atoms with van der Waals surface area (Å²) in [6.07, 6.45) is 0. The van der Waals surface area contributed by atoms with Gasteiger partial charge in [-0.1, -0.05) is 39.0 Å². The lowest BCUT2D eigenvalue weighted by Crippen LogP contribution is -2.43. The molecule has 0 saturated carbocycles. The van der Waals surface area contributed by atoms with Gasteiger partial charge < -0.3 is 5.32 Å². The maximum atomic E-state index is 12.2. The molecule has 2 rings (SSSR count). The van der Waals surface area contributed by atoms with E-state index in [1.165, 1.54) is 5.56 Å². The topological polar surface area (TPSA) is 53.2 Å². The van der Waals surface area contributed by atoms with Crippen LogP contribution in [0.15, 0.2) is 42.5 Å². The molecule has 4 nitrogen and oxygen atoms in total. The number of anilines is 1. The number of amides is 1. The standard InChI is InChI=1S/C20H25N3OS/c1-13-10-14(2)12-17(11-13)21-19(25)23-22-18(24)15-6-8-16(9-7-15)20(3,4)5/h6-12H,1-5H3,(H,22,24)(H2,21,23,25). The lowest BCUT2D eigenvalue weighted by Gasteiger charge is -2.19. The molecule has 0 aromatic heterocycles. The van der Waals surface area contributed by atoms with E-state index in [-0.39, 0.29) is 11.3 Å². The summed E-state index contributed by atoms with van der Waals surface area (Å²) in [5.41, 5.74) is 10.4. The van der Waals surface area contributed by atoms with Gasteiger partial charge >= 0.3 is 0 Å². The van der Waals surface area contributed by atoms with Gasteiger partial charge in [-0.3, -0.25) is 15.6 Å². The number of aryl methyl sites for hydroxylation is 2. The first-order valence-corrected chi connectivity index (χ1v) is 8.62. The molecule has 0 unspecified atom stereocenters. The molecular weight excluding hydrogens is 330 g/mol. The number of hydrogen-bond acceptors (Lipinski definition) is 2. The van der Waals surface area contributed by atoms with Crippen molar-refractivity contribution in [2.75, 3.05) is 5.32 Å². The third-order valence-electron chi connectivity index (χ3n) is 3.78. The molecular formula is C20H25N3OS. The van der Waals surface area contributed by atoms with Crippen molar-refractivity contribution in [3.8, 4) is 0 Å². The molecule has 132 valence electrons. The molecule has 0 spiro atoms. The van der Waals surface area contributed by atoms with Crippen LogP contribution in [-0.2, 0) is 5.41 Å². The van der Waals surface area contributed by atoms with Gasteiger partial charge in [-0.2, -0.15) is 0 Å². The van der Waals surface area contributed by atoms with Crippen LogP contribution in [0.25, 0.3) is 0 Å². The van der Waals surface area contributed by atoms with Crippen LogP contribution in [0.1, 0.15) is 47.8 Å². The summed E-state index contributed by atoms with van der Waals surface area (Å²) >= 11 is 5.22. The Morgan fingerprint density at radius 3 is 2.00 bits per heavy atom. The van der Waals surface area contributed by atoms with Crippen LogP contribution < -0.4 is 16.2 Å². The Morgan fingerprint density at radius 2 is 1.48 bits per heavy atom. The Morgan fingerprint density at radius 1 is 0.920 bits per heavy atom. The molecule has 25 heavy (non-hydrogen) atoms. The fraction of sp³-hybridized carbons (Fsp3) is 0.300. The summed E-state index contributed by atoms with van der Waals surface area (Å²) in [6, 6.07) is 13.7. The van der Waals surface area contributed by atoms with Crippen LogP contribution >= 0.6 is 12.2 Å². The zero-order valence-corrected chi connectivity index (χ0v) is 16.2. The van der Waals surface area contributed by atoms with Crippen LogP contribution in [0.2, 0.25) is 0 Å². The van der Waals surface area contributed by atoms with Crippen LogP contribution in [0.3, 0.4) is 0 Å². The summed E-state index contributed by atoms with van der Waals surface area (Å²) in [4.78, 5) is 12.2. The summed E-state index contributed by atoms with van der Waals surface area (Å²) < 4.78 is 0. The molecule has 0 saturated heterocycles. The number of carbonyl (C=O) groups excluding carboxylic acids is 1. The van der Waals surface area contributed by atoms with Gasteiger partial charge in [0.25, 0.3) is 5.91 Å². The number of hydrazine groups is 1. The maximum absolute atomic E-state index is 12.2. The van der Waals surface area contributed by atoms with Gasteiger partial charge in [0.2, 0.25) is 0 Å². The molecule has 3 N–H and O–H groups in total. The molecule has 0 aliphatic carbocycles. The van der Waals surface area contributed by atoms with Crippen LogP contribution in [0.4, 0.5) is 5.69 Å². The Kier molecular flexibility index (Phi) is 5.80. The summed E-state index contributed by atoms with van der Waals surface area (Å²) in [6.45, 7) is 10.5. The van der Waals surface area contributed by atoms with E-state index in [4.69, 9.17) is 12.2 Å². The number of rotatable bonds is 2. The van der Waals surface area contributed by atoms with Gasteiger partial charge in [-0.25, -0.2) is 0 Å². The van der Waals surface area contributed by atoms with E-state index in [9.17, 15) is 4.79 Å². The number of benzene rings is 2. The summed E-state index contributed by atoms with van der Waals surface area (Å²) in [7, 11) is 0. The Labute approximate surface area is 155 Å². The first-order chi connectivity index (χ1) is 11.6. The van der Waals surface area contributed by atoms with Gasteiger partial charge in [0.15, 0.2) is 5.11 Å². The Balaban J connectivity index is 1.91. The second kappa shape index (κ2) is 7.66. The molecule has 2 aromatic carbocycles. The van der Waals surface area contributed by atoms with Crippen LogP contribution in [0, 0.1) is 13.8 Å². The minimum Gasteiger partial charge on any atom is -0.331 e. The molecule has 5 heteroatoms. The minimum atomic E-state index is -0.231. The molecule has 0 radical (unpaired) electrons. The van der Waals surface area contributed by atoms with Gasteiger partial charge in [0, 0.05) is 11.3 Å². The highest BCUT2D eigenvalue weighted by Crippen LogP contribution is 2.22. The molecule has 0 bridgehead atoms. The van der Waals surface area contributed by atoms with E-state index in [1.54, 1.807) is 0 Å². The zero-order chi connectivity index (χ0) is 18.6. The first kappa shape index (κ1) is 18.9. The lowest BCUT2D eigenvalue weighted by atomic mass is 9.87. The van der Waals surface area contributed by atoms with Crippen molar-refractivity contribution in [3.63, 3.8) is 0 Å². The van der Waals surface area contributed by atoms with Crippen molar-refractivity contribution in [2.24, 2.45) is 0 Å². The Bertz CT molecular complexity index is 756. The fourth-order valence-electron chi connectivity index (χ4n) is 2.52. The monoisotopic (exact) mass is 355 g/mol. The molecule has 0 aliphatic rings. The number of nitrogens with one attached hydrogen (secondary N) is 3. The minimum absolute atomic E-state index is 0.0602. The molecule has 0 atom stereocenters. The third-order valence-corrected chi connectivity index (χ3v) is 3.99. The van der Waals surface area contributed by atoms with E-state index >= 15 is 0 Å². The summed E-state index contributed by atoms with van der Waals surface area (Å²) in [5.74, 6) is -0.231. The normalized spacial score (nSPS) is 10.9. The largest absolute Gasteiger partial charge is 0.331 e. The second-order valence-corrected chi connectivity index (χ2v) is 7.65. The molecule has 0 fully saturated rings. The smallest absolute Gasteiger partial charge is 0.269 e. The summed E-state index contributed by atoms with van der Waals surface area (Å²) in [5, 5.41) is 3.40. The number of carbonyl (C=O) groups is 1. The van der Waals surface area contributed by atoms with E-state index in [2.05, 4.69) is 43.0 Å². The van der Waals surface area contributed by atoms with Crippen LogP contribution in [0.5, 0.6) is 0 Å². The highest BCUT2D eigenvalue weighted by atomic mass is 32.1. The van der Waals surface area contributed by atoms with Crippen molar-refractivity contribution in [1.29, 1.82) is 0 Å². The lowest BCUT2D eigenvalue weighted by molar-refractivity contribution is 0.0944. The second-order valence-electron chi connectivity index (χ2n) is 7.24. The van der Waals surface area contributed by atoms with E-state index in [0.717, 1.165) is 16.8 Å². The first-order valence-electron chi connectivity index (χ1n) is 8.21. The quantitative estimate of drug-likeness (QED) is 0.557. The molecule has 1 amide bonds. The zero-order valence-electron chi connectivity index (χ0n) is 15.4. The van der Waals surface area contributed by atoms with Crippen molar-refractivity contribution >= 4 is 28.9 Å². The van der Waals surface area contributed by atoms with Gasteiger partial charge in [0.1, 0.15) is 0 Å². The van der Waals surface area contributed by atoms with E-state index < -0.39 is 0 Å². The van der Waals surface area contributed by atoms with Gasteiger partial charge in [-0.05, 0) is 72.4 Å². The van der Waals surface area contributed by atoms with E-state index in [1.807, 2.05) is 50.2 Å². The van der Waals surface area contributed by atoms with E-state index in [0.29, 0.717) is 10.7 Å². The van der Waals surface area contributed by atoms with Crippen molar-refractivity contribution in [3.05, 3.63) is 64.7 Å². The van der Waals surface area contributed by atoms with Gasteiger partial charge in [-0.15, -0.1) is 0 Å². The molecule has 0 aliphatic heterocycles. The van der Waals surface area contributed by atoms with Crippen molar-refractivity contribution in [2.45, 2.75) is 40.0 Å². The maximum Gasteiger partial charge on any atom is 0.269 e. The van der Waals surface area contributed by atoms with Crippen LogP contribution in [-0.4, -0.2) is 11.0 Å². The predicted molar refractivity (Wildman–Crippen MR) is 108 cm³/mol. The highest BCUT2D eigenvalue weighted by Gasteiger charge is 2.14. The number of hydrogen-bond donors (Lipinski definition) is 3. The van der Waals surface area contributed by atoms with Crippen molar-refractivity contribution in [1.82, 2.24) is 10.9 Å². The predicted octanol–water partition coefficient (Wildman–Crippen LogP) is 4.23. The molecule has 2 aromatic rings. The number of thiocarbonyl (C=S) groups is 1. The average molecular weight is 356 g/mol. The van der Waals surface area contributed by atoms with Crippen molar-refractivity contribution < 1.29 is 4.79 Å². The average Bonchev–Trinajstić information content (AvgIpc) is 2.51.